The van der Waals surface area contributed by atoms with Crippen LogP contribution in [0.5, 0.6) is 0 Å². The third kappa shape index (κ3) is 2.01. The maximum absolute atomic E-state index is 11.3. The van der Waals surface area contributed by atoms with Gasteiger partial charge in [0.05, 0.1) is 12.1 Å². The van der Waals surface area contributed by atoms with E-state index in [1.54, 1.807) is 0 Å². The van der Waals surface area contributed by atoms with Crippen molar-refractivity contribution in [1.29, 1.82) is 0 Å². The number of nitrogens with one attached hydrogen (secondary N) is 2. The highest BCUT2D eigenvalue weighted by Crippen LogP contribution is 2.15. The van der Waals surface area contributed by atoms with Crippen molar-refractivity contribution < 1.29 is 14.3 Å². The normalized spacial score (nSPS) is 26.4. The predicted octanol–water partition coefficient (Wildman–Crippen LogP) is 0.194. The summed E-state index contributed by atoms with van der Waals surface area (Å²) in [6.07, 6.45) is 0.673. The number of carbonyl (C=O) groups excluding carboxylic acids is 2. The second-order valence-electron chi connectivity index (χ2n) is 2.98. The Kier molecular flexibility index (Phi) is 3.40. The van der Waals surface area contributed by atoms with Crippen molar-refractivity contribution in [3.8, 4) is 0 Å². The van der Waals surface area contributed by atoms with Crippen molar-refractivity contribution >= 4 is 29.2 Å². The number of urea groups is 1. The molecular weight excluding hydrogens is 204 g/mol. The van der Waals surface area contributed by atoms with Gasteiger partial charge in [-0.3, -0.25) is 0 Å². The second-order valence-corrected chi connectivity index (χ2v) is 3.42. The minimum absolute atomic E-state index is 0.185. The van der Waals surface area contributed by atoms with Gasteiger partial charge in [-0.25, -0.2) is 9.59 Å². The molecule has 1 heterocycles. The minimum atomic E-state index is -0.661. The summed E-state index contributed by atoms with van der Waals surface area (Å²) < 4.78 is 4.58. The molecule has 0 radical (unpaired) electrons. The molecule has 1 fully saturated rings. The lowest BCUT2D eigenvalue weighted by Gasteiger charge is -2.30. The highest BCUT2D eigenvalue weighted by Gasteiger charge is 2.36. The number of hydrogen-bond acceptors (Lipinski definition) is 4. The van der Waals surface area contributed by atoms with Crippen LogP contribution in [0.1, 0.15) is 13.3 Å². The zero-order chi connectivity index (χ0) is 10.7. The number of methoxy groups -OCH3 is 1. The summed E-state index contributed by atoms with van der Waals surface area (Å²) in [5.41, 5.74) is 0. The van der Waals surface area contributed by atoms with E-state index in [4.69, 9.17) is 12.2 Å². The van der Waals surface area contributed by atoms with Gasteiger partial charge in [0, 0.05) is 5.92 Å². The van der Waals surface area contributed by atoms with Crippen LogP contribution in [0.3, 0.4) is 0 Å². The van der Waals surface area contributed by atoms with E-state index in [0.717, 1.165) is 0 Å². The van der Waals surface area contributed by atoms with Crippen LogP contribution in [-0.2, 0) is 9.53 Å². The molecule has 0 spiro atoms. The van der Waals surface area contributed by atoms with E-state index in [-0.39, 0.29) is 5.92 Å². The topological polar surface area (TPSA) is 67.4 Å². The molecule has 1 aliphatic heterocycles. The number of hydrogen-bond donors (Lipinski definition) is 2. The fourth-order valence-corrected chi connectivity index (χ4v) is 1.80. The van der Waals surface area contributed by atoms with Gasteiger partial charge in [-0.1, -0.05) is 19.1 Å². The van der Waals surface area contributed by atoms with Gasteiger partial charge in [0.15, 0.2) is 0 Å². The predicted molar refractivity (Wildman–Crippen MR) is 53.9 cm³/mol. The molecule has 1 aliphatic rings. The van der Waals surface area contributed by atoms with Crippen LogP contribution in [0.15, 0.2) is 0 Å². The standard InChI is InChI=1S/C8H12N2O3S/c1-3-4-5(7(11)13-2)9-8(12)10-6(4)14/h4-5H,3H2,1-2H3,(H2,9,10,12,14). The average Bonchev–Trinajstić information content (AvgIpc) is 2.15. The van der Waals surface area contributed by atoms with E-state index in [1.807, 2.05) is 6.92 Å². The van der Waals surface area contributed by atoms with E-state index in [9.17, 15) is 9.59 Å². The van der Waals surface area contributed by atoms with Crippen LogP contribution in [0.4, 0.5) is 4.79 Å². The SMILES string of the molecule is CCC1C(=S)NC(=O)NC1C(=O)OC. The van der Waals surface area contributed by atoms with Crippen molar-refractivity contribution in [3.63, 3.8) is 0 Å². The van der Waals surface area contributed by atoms with E-state index in [0.29, 0.717) is 11.4 Å². The number of carbonyl (C=O) groups is 2. The fraction of sp³-hybridized carbons (Fsp3) is 0.625. The Bertz CT molecular complexity index is 280. The van der Waals surface area contributed by atoms with Crippen LogP contribution < -0.4 is 10.6 Å². The summed E-state index contributed by atoms with van der Waals surface area (Å²) in [6, 6.07) is -1.11. The molecule has 1 saturated heterocycles. The van der Waals surface area contributed by atoms with Crippen molar-refractivity contribution in [2.75, 3.05) is 7.11 Å². The first-order valence-corrected chi connectivity index (χ1v) is 4.70. The van der Waals surface area contributed by atoms with E-state index in [1.165, 1.54) is 7.11 Å². The first kappa shape index (κ1) is 10.9. The van der Waals surface area contributed by atoms with Gasteiger partial charge in [0.1, 0.15) is 6.04 Å². The van der Waals surface area contributed by atoms with Gasteiger partial charge in [-0.15, -0.1) is 0 Å². The molecular formula is C8H12N2O3S. The quantitative estimate of drug-likeness (QED) is 0.511. The monoisotopic (exact) mass is 216 g/mol. The third-order valence-electron chi connectivity index (χ3n) is 2.16. The molecule has 0 aromatic rings. The number of rotatable bonds is 2. The molecule has 6 heteroatoms. The maximum atomic E-state index is 11.3. The number of esters is 1. The lowest BCUT2D eigenvalue weighted by atomic mass is 9.95. The van der Waals surface area contributed by atoms with Crippen LogP contribution in [-0.4, -0.2) is 30.1 Å². The summed E-state index contributed by atoms with van der Waals surface area (Å²) in [6.45, 7) is 1.89. The Labute approximate surface area is 87.2 Å². The van der Waals surface area contributed by atoms with Crippen LogP contribution in [0, 0.1) is 5.92 Å². The van der Waals surface area contributed by atoms with Crippen LogP contribution >= 0.6 is 12.2 Å². The van der Waals surface area contributed by atoms with E-state index >= 15 is 0 Å². The first-order chi connectivity index (χ1) is 6.60. The third-order valence-corrected chi connectivity index (χ3v) is 2.56. The largest absolute Gasteiger partial charge is 0.467 e. The number of thiocarbonyl (C=S) groups is 1. The molecule has 0 bridgehead atoms. The molecule has 14 heavy (non-hydrogen) atoms. The van der Waals surface area contributed by atoms with Gasteiger partial charge in [-0.2, -0.15) is 0 Å². The molecule has 2 amide bonds. The van der Waals surface area contributed by atoms with Gasteiger partial charge in [0.25, 0.3) is 0 Å². The highest BCUT2D eigenvalue weighted by molar-refractivity contribution is 7.80. The van der Waals surface area contributed by atoms with Gasteiger partial charge in [-0.05, 0) is 6.42 Å². The molecule has 0 aliphatic carbocycles. The van der Waals surface area contributed by atoms with Crippen molar-refractivity contribution in [3.05, 3.63) is 0 Å². The number of ether oxygens (including phenoxy) is 1. The molecule has 1 rings (SSSR count). The van der Waals surface area contributed by atoms with Crippen LogP contribution in [0.25, 0.3) is 0 Å². The molecule has 0 aromatic carbocycles. The smallest absolute Gasteiger partial charge is 0.329 e. The molecule has 0 saturated carbocycles. The Morgan fingerprint density at radius 3 is 2.79 bits per heavy atom. The molecule has 2 unspecified atom stereocenters. The minimum Gasteiger partial charge on any atom is -0.467 e. The molecule has 0 aromatic heterocycles. The average molecular weight is 216 g/mol. The van der Waals surface area contributed by atoms with Crippen molar-refractivity contribution in [1.82, 2.24) is 10.6 Å². The molecule has 2 atom stereocenters. The summed E-state index contributed by atoms with van der Waals surface area (Å²) in [5.74, 6) is -0.649. The maximum Gasteiger partial charge on any atom is 0.329 e. The van der Waals surface area contributed by atoms with Crippen molar-refractivity contribution in [2.45, 2.75) is 19.4 Å². The summed E-state index contributed by atoms with van der Waals surface area (Å²) in [7, 11) is 1.28. The number of amides is 2. The Balaban J connectivity index is 2.83. The zero-order valence-electron chi connectivity index (χ0n) is 7.99. The van der Waals surface area contributed by atoms with E-state index in [2.05, 4.69) is 15.4 Å². The molecule has 2 N–H and O–H groups in total. The first-order valence-electron chi connectivity index (χ1n) is 4.29. The molecule has 5 nitrogen and oxygen atoms in total. The van der Waals surface area contributed by atoms with Gasteiger partial charge >= 0.3 is 12.0 Å². The van der Waals surface area contributed by atoms with Crippen molar-refractivity contribution in [2.24, 2.45) is 5.92 Å². The lowest BCUT2D eigenvalue weighted by molar-refractivity contribution is -0.143. The van der Waals surface area contributed by atoms with Gasteiger partial charge < -0.3 is 15.4 Å². The lowest BCUT2D eigenvalue weighted by Crippen LogP contribution is -2.60. The van der Waals surface area contributed by atoms with Crippen LogP contribution in [0.2, 0.25) is 0 Å². The Morgan fingerprint density at radius 1 is 1.64 bits per heavy atom. The fourth-order valence-electron chi connectivity index (χ4n) is 1.41. The van der Waals surface area contributed by atoms with Gasteiger partial charge in [0.2, 0.25) is 0 Å². The van der Waals surface area contributed by atoms with E-state index < -0.39 is 18.0 Å². The summed E-state index contributed by atoms with van der Waals surface area (Å²) in [5, 5.41) is 4.95. The second kappa shape index (κ2) is 4.36. The zero-order valence-corrected chi connectivity index (χ0v) is 8.81. The Hall–Kier alpha value is -1.17. The summed E-state index contributed by atoms with van der Waals surface area (Å²) in [4.78, 5) is 22.7. The highest BCUT2D eigenvalue weighted by atomic mass is 32.1. The molecule has 78 valence electrons. The summed E-state index contributed by atoms with van der Waals surface area (Å²) >= 11 is 4.97. The Morgan fingerprint density at radius 2 is 2.29 bits per heavy atom.